The van der Waals surface area contributed by atoms with Crippen LogP contribution in [0.1, 0.15) is 16.1 Å². The van der Waals surface area contributed by atoms with Gasteiger partial charge in [-0.15, -0.1) is 0 Å². The highest BCUT2D eigenvalue weighted by atomic mass is 16.4. The molecule has 1 heterocycles. The molecular formula is C14H15N3O2. The van der Waals surface area contributed by atoms with Crippen LogP contribution in [0.5, 0.6) is 0 Å². The lowest BCUT2D eigenvalue weighted by Crippen LogP contribution is -2.17. The molecule has 5 heteroatoms. The molecule has 1 aromatic carbocycles. The van der Waals surface area contributed by atoms with Crippen molar-refractivity contribution in [3.05, 3.63) is 53.8 Å². The molecular weight excluding hydrogens is 242 g/mol. The van der Waals surface area contributed by atoms with E-state index in [0.29, 0.717) is 11.3 Å². The van der Waals surface area contributed by atoms with E-state index in [0.717, 1.165) is 5.88 Å². The summed E-state index contributed by atoms with van der Waals surface area (Å²) in [7, 11) is 3.77. The molecule has 1 aromatic heterocycles. The fraction of sp³-hybridized carbons (Fsp3) is 0.143. The molecule has 0 aliphatic heterocycles. The summed E-state index contributed by atoms with van der Waals surface area (Å²) < 4.78 is 5.46. The SMILES string of the molecule is CN(C)c1ccc(C=NNC(=O)c2ccccc2)o1. The first-order valence-electron chi connectivity index (χ1n) is 5.82. The highest BCUT2D eigenvalue weighted by Gasteiger charge is 2.03. The lowest BCUT2D eigenvalue weighted by Gasteiger charge is -2.05. The smallest absolute Gasteiger partial charge is 0.271 e. The first-order valence-corrected chi connectivity index (χ1v) is 5.82. The van der Waals surface area contributed by atoms with Crippen LogP contribution in [0.25, 0.3) is 0 Å². The van der Waals surface area contributed by atoms with E-state index in [1.165, 1.54) is 6.21 Å². The summed E-state index contributed by atoms with van der Waals surface area (Å²) in [6.07, 6.45) is 1.47. The zero-order valence-electron chi connectivity index (χ0n) is 10.8. The summed E-state index contributed by atoms with van der Waals surface area (Å²) in [6.45, 7) is 0. The van der Waals surface area contributed by atoms with Gasteiger partial charge in [-0.25, -0.2) is 5.43 Å². The molecule has 0 fully saturated rings. The van der Waals surface area contributed by atoms with Crippen LogP contribution >= 0.6 is 0 Å². The van der Waals surface area contributed by atoms with Crippen LogP contribution in [0, 0.1) is 0 Å². The van der Waals surface area contributed by atoms with Crippen molar-refractivity contribution in [2.45, 2.75) is 0 Å². The van der Waals surface area contributed by atoms with Gasteiger partial charge in [-0.1, -0.05) is 18.2 Å². The van der Waals surface area contributed by atoms with Crippen LogP contribution < -0.4 is 10.3 Å². The average Bonchev–Trinajstić information content (AvgIpc) is 2.89. The molecule has 0 aliphatic carbocycles. The number of hydrogen-bond donors (Lipinski definition) is 1. The van der Waals surface area contributed by atoms with Crippen molar-refractivity contribution >= 4 is 18.0 Å². The molecule has 98 valence electrons. The minimum absolute atomic E-state index is 0.253. The van der Waals surface area contributed by atoms with Gasteiger partial charge >= 0.3 is 0 Å². The van der Waals surface area contributed by atoms with E-state index >= 15 is 0 Å². The average molecular weight is 257 g/mol. The second-order valence-corrected chi connectivity index (χ2v) is 4.14. The molecule has 0 atom stereocenters. The lowest BCUT2D eigenvalue weighted by molar-refractivity contribution is 0.0955. The summed E-state index contributed by atoms with van der Waals surface area (Å²) in [5.41, 5.74) is 3.01. The lowest BCUT2D eigenvalue weighted by atomic mass is 10.2. The highest BCUT2D eigenvalue weighted by molar-refractivity contribution is 5.94. The first kappa shape index (κ1) is 12.9. The van der Waals surface area contributed by atoms with Crippen LogP contribution in [0.15, 0.2) is 52.0 Å². The third kappa shape index (κ3) is 3.45. The number of furan rings is 1. The number of benzene rings is 1. The third-order valence-electron chi connectivity index (χ3n) is 2.45. The number of amides is 1. The number of hydrogen-bond acceptors (Lipinski definition) is 4. The number of nitrogens with zero attached hydrogens (tertiary/aromatic N) is 2. The van der Waals surface area contributed by atoms with Gasteiger partial charge < -0.3 is 9.32 Å². The van der Waals surface area contributed by atoms with Crippen molar-refractivity contribution in [2.24, 2.45) is 5.10 Å². The van der Waals surface area contributed by atoms with E-state index < -0.39 is 0 Å². The molecule has 0 saturated heterocycles. The van der Waals surface area contributed by atoms with Crippen molar-refractivity contribution < 1.29 is 9.21 Å². The Balaban J connectivity index is 1.94. The normalized spacial score (nSPS) is 10.6. The standard InChI is InChI=1S/C14H15N3O2/c1-17(2)13-9-8-12(19-13)10-15-16-14(18)11-6-4-3-5-7-11/h3-10H,1-2H3,(H,16,18). The molecule has 1 N–H and O–H groups in total. The van der Waals surface area contributed by atoms with Crippen LogP contribution in [-0.4, -0.2) is 26.2 Å². The second kappa shape index (κ2) is 5.86. The number of rotatable bonds is 4. The molecule has 2 aromatic rings. The number of carbonyl (C=O) groups is 1. The Morgan fingerprint density at radius 2 is 1.95 bits per heavy atom. The summed E-state index contributed by atoms with van der Waals surface area (Å²) in [5, 5.41) is 3.85. The fourth-order valence-electron chi connectivity index (χ4n) is 1.46. The van der Waals surface area contributed by atoms with Gasteiger partial charge in [-0.05, 0) is 18.2 Å². The Bertz CT molecular complexity index is 573. The van der Waals surface area contributed by atoms with Gasteiger partial charge in [0.25, 0.3) is 5.91 Å². The summed E-state index contributed by atoms with van der Waals surface area (Å²) in [4.78, 5) is 13.5. The van der Waals surface area contributed by atoms with Crippen LogP contribution in [0.3, 0.4) is 0 Å². The molecule has 0 spiro atoms. The Labute approximate surface area is 111 Å². The predicted octanol–water partition coefficient (Wildman–Crippen LogP) is 2.11. The minimum atomic E-state index is -0.253. The molecule has 5 nitrogen and oxygen atoms in total. The topological polar surface area (TPSA) is 57.8 Å². The van der Waals surface area contributed by atoms with Gasteiger partial charge in [0.05, 0.1) is 6.21 Å². The number of anilines is 1. The molecule has 0 bridgehead atoms. The Morgan fingerprint density at radius 1 is 1.21 bits per heavy atom. The summed E-state index contributed by atoms with van der Waals surface area (Å²) in [6, 6.07) is 12.5. The Morgan fingerprint density at radius 3 is 2.58 bits per heavy atom. The van der Waals surface area contributed by atoms with E-state index in [2.05, 4.69) is 10.5 Å². The van der Waals surface area contributed by atoms with Crippen molar-refractivity contribution in [2.75, 3.05) is 19.0 Å². The largest absolute Gasteiger partial charge is 0.440 e. The molecule has 0 aliphatic rings. The molecule has 0 saturated carbocycles. The Hall–Kier alpha value is -2.56. The van der Waals surface area contributed by atoms with Crippen LogP contribution in [0.2, 0.25) is 0 Å². The maximum atomic E-state index is 11.7. The fourth-order valence-corrected chi connectivity index (χ4v) is 1.46. The van der Waals surface area contributed by atoms with Crippen molar-refractivity contribution in [3.8, 4) is 0 Å². The minimum Gasteiger partial charge on any atom is -0.440 e. The van der Waals surface area contributed by atoms with Gasteiger partial charge in [-0.3, -0.25) is 4.79 Å². The summed E-state index contributed by atoms with van der Waals surface area (Å²) in [5.74, 6) is 1.06. The Kier molecular flexibility index (Phi) is 3.97. The first-order chi connectivity index (χ1) is 9.16. The van der Waals surface area contributed by atoms with E-state index in [1.54, 1.807) is 30.3 Å². The molecule has 2 rings (SSSR count). The molecule has 1 amide bonds. The number of carbonyl (C=O) groups excluding carboxylic acids is 1. The van der Waals surface area contributed by atoms with Gasteiger partial charge in [0.15, 0.2) is 5.88 Å². The third-order valence-corrected chi connectivity index (χ3v) is 2.45. The summed E-state index contributed by atoms with van der Waals surface area (Å²) >= 11 is 0. The van der Waals surface area contributed by atoms with Crippen LogP contribution in [0.4, 0.5) is 5.88 Å². The van der Waals surface area contributed by atoms with Crippen molar-refractivity contribution in [1.82, 2.24) is 5.43 Å². The van der Waals surface area contributed by atoms with Gasteiger partial charge in [0.2, 0.25) is 0 Å². The van der Waals surface area contributed by atoms with Gasteiger partial charge in [-0.2, -0.15) is 5.10 Å². The molecule has 0 unspecified atom stereocenters. The number of hydrazone groups is 1. The maximum Gasteiger partial charge on any atom is 0.271 e. The quantitative estimate of drug-likeness (QED) is 0.674. The van der Waals surface area contributed by atoms with E-state index in [9.17, 15) is 4.79 Å². The van der Waals surface area contributed by atoms with E-state index in [1.807, 2.05) is 31.1 Å². The van der Waals surface area contributed by atoms with Crippen molar-refractivity contribution in [3.63, 3.8) is 0 Å². The van der Waals surface area contributed by atoms with E-state index in [4.69, 9.17) is 4.42 Å². The second-order valence-electron chi connectivity index (χ2n) is 4.14. The molecule has 0 radical (unpaired) electrons. The predicted molar refractivity (Wildman–Crippen MR) is 74.5 cm³/mol. The van der Waals surface area contributed by atoms with Gasteiger partial charge in [0, 0.05) is 25.7 Å². The van der Waals surface area contributed by atoms with Gasteiger partial charge in [0.1, 0.15) is 5.76 Å². The monoisotopic (exact) mass is 257 g/mol. The highest BCUT2D eigenvalue weighted by Crippen LogP contribution is 2.13. The van der Waals surface area contributed by atoms with E-state index in [-0.39, 0.29) is 5.91 Å². The number of nitrogens with one attached hydrogen (secondary N) is 1. The van der Waals surface area contributed by atoms with Crippen molar-refractivity contribution in [1.29, 1.82) is 0 Å². The maximum absolute atomic E-state index is 11.7. The zero-order valence-corrected chi connectivity index (χ0v) is 10.8. The van der Waals surface area contributed by atoms with Crippen LogP contribution in [-0.2, 0) is 0 Å². The zero-order chi connectivity index (χ0) is 13.7. The molecule has 19 heavy (non-hydrogen) atoms.